The molecule has 16 heteroatoms. The first-order valence-electron chi connectivity index (χ1n) is 12.7. The molecule has 0 spiro atoms. The normalized spacial score (nSPS) is 19.4. The van der Waals surface area contributed by atoms with Crippen molar-refractivity contribution in [3.05, 3.63) is 0 Å². The van der Waals surface area contributed by atoms with Gasteiger partial charge in [0.2, 0.25) is 17.7 Å². The van der Waals surface area contributed by atoms with Gasteiger partial charge in [0, 0.05) is 37.9 Å². The van der Waals surface area contributed by atoms with Crippen molar-refractivity contribution >= 4 is 17.7 Å². The van der Waals surface area contributed by atoms with Gasteiger partial charge >= 0.3 is 0 Å². The first-order chi connectivity index (χ1) is 18.2. The van der Waals surface area contributed by atoms with Crippen LogP contribution in [0.25, 0.3) is 0 Å². The lowest BCUT2D eigenvalue weighted by Crippen LogP contribution is -2.49. The van der Waals surface area contributed by atoms with Crippen LogP contribution in [0.3, 0.4) is 0 Å². The van der Waals surface area contributed by atoms with Gasteiger partial charge in [-0.05, 0) is 19.8 Å². The number of hydrogen-bond acceptors (Lipinski definition) is 13. The molecule has 0 aromatic carbocycles. The minimum Gasteiger partial charge on any atom is -0.394 e. The van der Waals surface area contributed by atoms with E-state index in [9.17, 15) is 55.2 Å². The molecule has 0 aromatic rings. The smallest absolute Gasteiger partial charge is 0.223 e. The maximum absolute atomic E-state index is 12.4. The molecule has 0 rings (SSSR count). The number of rotatable bonds is 20. The summed E-state index contributed by atoms with van der Waals surface area (Å²) in [6, 6.07) is -0.422. The first kappa shape index (κ1) is 37.0. The standard InChI is InChI=1S/C23H45N3O13/c1-11(3-5-17(33)24-7-13(29)19(35)21(37)15(31)9-27)23(39)26-12(2)4-6-18(34)25-8-14(30)20(36)22(38)16(32)10-28/h11-16,19-22,27-32,35-38H,3-10H2,1-2H3,(H,24,33)(H,25,34)(H,26,39)/t11-,12+,13+,14-,15-,16+,19-,20+,21-,22+/m0/s1. The molecule has 0 fully saturated rings. The fraction of sp³-hybridized carbons (Fsp3) is 0.870. The van der Waals surface area contributed by atoms with Crippen LogP contribution in [0.2, 0.25) is 0 Å². The van der Waals surface area contributed by atoms with Gasteiger partial charge in [-0.25, -0.2) is 0 Å². The molecule has 39 heavy (non-hydrogen) atoms. The lowest BCUT2D eigenvalue weighted by molar-refractivity contribution is -0.128. The van der Waals surface area contributed by atoms with Crippen LogP contribution in [-0.2, 0) is 14.4 Å². The van der Waals surface area contributed by atoms with Gasteiger partial charge in [0.25, 0.3) is 0 Å². The Hall–Kier alpha value is -1.99. The maximum atomic E-state index is 12.4. The van der Waals surface area contributed by atoms with Crippen LogP contribution in [0.4, 0.5) is 0 Å². The van der Waals surface area contributed by atoms with Crippen LogP contribution < -0.4 is 16.0 Å². The van der Waals surface area contributed by atoms with E-state index < -0.39 is 98.9 Å². The summed E-state index contributed by atoms with van der Waals surface area (Å²) >= 11 is 0. The highest BCUT2D eigenvalue weighted by Crippen LogP contribution is 2.09. The second-order valence-electron chi connectivity index (χ2n) is 9.59. The molecule has 16 nitrogen and oxygen atoms in total. The quantitative estimate of drug-likeness (QED) is 0.0648. The number of nitrogens with one attached hydrogen (secondary N) is 3. The van der Waals surface area contributed by atoms with Gasteiger partial charge < -0.3 is 67.0 Å². The van der Waals surface area contributed by atoms with Crippen molar-refractivity contribution in [3.8, 4) is 0 Å². The monoisotopic (exact) mass is 571 g/mol. The zero-order chi connectivity index (χ0) is 30.3. The first-order valence-corrected chi connectivity index (χ1v) is 12.7. The Morgan fingerprint density at radius 2 is 0.949 bits per heavy atom. The van der Waals surface area contributed by atoms with Gasteiger partial charge in [0.15, 0.2) is 0 Å². The van der Waals surface area contributed by atoms with E-state index in [2.05, 4.69) is 16.0 Å². The van der Waals surface area contributed by atoms with E-state index in [0.717, 1.165) is 0 Å². The summed E-state index contributed by atoms with van der Waals surface area (Å²) in [5, 5.41) is 102. The van der Waals surface area contributed by atoms with E-state index in [1.165, 1.54) is 0 Å². The number of carbonyl (C=O) groups excluding carboxylic acids is 3. The third kappa shape index (κ3) is 14.3. The number of aliphatic hydroxyl groups is 10. The molecule has 0 heterocycles. The molecular formula is C23H45N3O13. The summed E-state index contributed by atoms with van der Waals surface area (Å²) in [5.41, 5.74) is 0. The zero-order valence-electron chi connectivity index (χ0n) is 22.1. The Balaban J connectivity index is 4.30. The fourth-order valence-corrected chi connectivity index (χ4v) is 3.27. The predicted octanol–water partition coefficient (Wildman–Crippen LogP) is -6.21. The van der Waals surface area contributed by atoms with Gasteiger partial charge in [-0.3, -0.25) is 14.4 Å². The lowest BCUT2D eigenvalue weighted by atomic mass is 10.0. The van der Waals surface area contributed by atoms with Gasteiger partial charge in [-0.1, -0.05) is 6.92 Å². The molecule has 0 aromatic heterocycles. The zero-order valence-corrected chi connectivity index (χ0v) is 22.1. The molecule has 0 saturated heterocycles. The minimum absolute atomic E-state index is 0.0406. The molecule has 0 aliphatic rings. The van der Waals surface area contributed by atoms with Gasteiger partial charge in [-0.15, -0.1) is 0 Å². The van der Waals surface area contributed by atoms with Crippen molar-refractivity contribution < 1.29 is 65.4 Å². The topological polar surface area (TPSA) is 290 Å². The molecule has 0 aliphatic heterocycles. The lowest BCUT2D eigenvalue weighted by Gasteiger charge is -2.25. The third-order valence-electron chi connectivity index (χ3n) is 6.11. The largest absolute Gasteiger partial charge is 0.394 e. The summed E-state index contributed by atoms with van der Waals surface area (Å²) in [6.45, 7) is 0.731. The van der Waals surface area contributed by atoms with E-state index in [-0.39, 0.29) is 31.6 Å². The number of carbonyl (C=O) groups is 3. The van der Waals surface area contributed by atoms with Crippen molar-refractivity contribution in [2.24, 2.45) is 5.92 Å². The van der Waals surface area contributed by atoms with Crippen LogP contribution in [0.1, 0.15) is 39.5 Å². The van der Waals surface area contributed by atoms with Crippen molar-refractivity contribution in [2.45, 2.75) is 94.4 Å². The van der Waals surface area contributed by atoms with Gasteiger partial charge in [0.05, 0.1) is 25.4 Å². The molecular weight excluding hydrogens is 526 g/mol. The number of amides is 3. The molecule has 0 unspecified atom stereocenters. The van der Waals surface area contributed by atoms with E-state index in [1.54, 1.807) is 13.8 Å². The highest BCUT2D eigenvalue weighted by Gasteiger charge is 2.31. The van der Waals surface area contributed by atoms with Crippen LogP contribution in [0.15, 0.2) is 0 Å². The Kier molecular flexibility index (Phi) is 18.2. The fourth-order valence-electron chi connectivity index (χ4n) is 3.27. The van der Waals surface area contributed by atoms with Crippen LogP contribution in [-0.4, -0.2) is 150 Å². The maximum Gasteiger partial charge on any atom is 0.223 e. The van der Waals surface area contributed by atoms with Crippen molar-refractivity contribution in [2.75, 3.05) is 26.3 Å². The third-order valence-corrected chi connectivity index (χ3v) is 6.11. The Bertz CT molecular complexity index is 731. The molecule has 0 saturated carbocycles. The Morgan fingerprint density at radius 3 is 1.33 bits per heavy atom. The minimum atomic E-state index is -1.82. The summed E-state index contributed by atoms with van der Waals surface area (Å²) in [4.78, 5) is 36.3. The summed E-state index contributed by atoms with van der Waals surface area (Å²) < 4.78 is 0. The van der Waals surface area contributed by atoms with E-state index in [4.69, 9.17) is 10.2 Å². The van der Waals surface area contributed by atoms with Crippen molar-refractivity contribution in [1.82, 2.24) is 16.0 Å². The van der Waals surface area contributed by atoms with E-state index in [1.807, 2.05) is 0 Å². The van der Waals surface area contributed by atoms with Crippen LogP contribution in [0, 0.1) is 5.92 Å². The molecule has 10 atom stereocenters. The summed E-state index contributed by atoms with van der Waals surface area (Å²) in [5.74, 6) is -1.99. The highest BCUT2D eigenvalue weighted by atomic mass is 16.4. The number of hydrogen-bond donors (Lipinski definition) is 13. The predicted molar refractivity (Wildman–Crippen MR) is 133 cm³/mol. The van der Waals surface area contributed by atoms with Crippen LogP contribution >= 0.6 is 0 Å². The second-order valence-corrected chi connectivity index (χ2v) is 9.59. The van der Waals surface area contributed by atoms with Gasteiger partial charge in [-0.2, -0.15) is 0 Å². The SMILES string of the molecule is C[C@H](CCC(=O)NC[C@H](O)[C@@H](O)[C@H](O)[C@H](O)CO)NC(=O)[C@@H](C)CCC(=O)NC[C@@H](O)[C@H](O)[C@@H](O)[C@@H](O)CO. The van der Waals surface area contributed by atoms with E-state index in [0.29, 0.717) is 0 Å². The molecule has 13 N–H and O–H groups in total. The van der Waals surface area contributed by atoms with E-state index >= 15 is 0 Å². The molecule has 0 aliphatic carbocycles. The second kappa shape index (κ2) is 19.1. The van der Waals surface area contributed by atoms with Gasteiger partial charge in [0.1, 0.15) is 36.6 Å². The Labute approximate surface area is 226 Å². The highest BCUT2D eigenvalue weighted by molar-refractivity contribution is 5.80. The average molecular weight is 572 g/mol. The Morgan fingerprint density at radius 1 is 0.590 bits per heavy atom. The molecule has 0 bridgehead atoms. The molecule has 3 amide bonds. The number of aliphatic hydroxyl groups excluding tert-OH is 10. The summed E-state index contributed by atoms with van der Waals surface area (Å²) in [7, 11) is 0. The average Bonchev–Trinajstić information content (AvgIpc) is 2.93. The summed E-state index contributed by atoms with van der Waals surface area (Å²) in [6.07, 6.45) is -13.5. The molecule has 230 valence electrons. The van der Waals surface area contributed by atoms with Crippen LogP contribution in [0.5, 0.6) is 0 Å². The van der Waals surface area contributed by atoms with Crippen molar-refractivity contribution in [1.29, 1.82) is 0 Å². The van der Waals surface area contributed by atoms with Crippen molar-refractivity contribution in [3.63, 3.8) is 0 Å². The molecule has 0 radical (unpaired) electrons.